The fourth-order valence-electron chi connectivity index (χ4n) is 2.34. The van der Waals surface area contributed by atoms with Crippen molar-refractivity contribution in [1.29, 1.82) is 0 Å². The average molecular weight is 317 g/mol. The van der Waals surface area contributed by atoms with Gasteiger partial charge in [0.15, 0.2) is 0 Å². The van der Waals surface area contributed by atoms with E-state index in [-0.39, 0.29) is 0 Å². The molecule has 120 valence electrons. The highest BCUT2D eigenvalue weighted by molar-refractivity contribution is 7.09. The van der Waals surface area contributed by atoms with Crippen LogP contribution in [0, 0.1) is 0 Å². The lowest BCUT2D eigenvalue weighted by Gasteiger charge is -2.07. The molecule has 0 fully saturated rings. The van der Waals surface area contributed by atoms with Gasteiger partial charge in [-0.1, -0.05) is 50.8 Å². The molecule has 2 rings (SSSR count). The quantitative estimate of drug-likeness (QED) is 0.561. The Morgan fingerprint density at radius 2 is 1.82 bits per heavy atom. The van der Waals surface area contributed by atoms with Crippen LogP contribution in [0.4, 0.5) is 0 Å². The van der Waals surface area contributed by atoms with Crippen molar-refractivity contribution in [1.82, 2.24) is 5.32 Å². The van der Waals surface area contributed by atoms with E-state index in [0.29, 0.717) is 6.61 Å². The fourth-order valence-corrected chi connectivity index (χ4v) is 2.96. The molecule has 0 aliphatic heterocycles. The Hall–Kier alpha value is -1.32. The minimum absolute atomic E-state index is 0.660. The second-order valence-corrected chi connectivity index (χ2v) is 6.64. The van der Waals surface area contributed by atoms with Gasteiger partial charge < -0.3 is 10.1 Å². The van der Waals surface area contributed by atoms with Crippen molar-refractivity contribution < 1.29 is 4.74 Å². The van der Waals surface area contributed by atoms with Crippen molar-refractivity contribution in [2.24, 2.45) is 0 Å². The van der Waals surface area contributed by atoms with Gasteiger partial charge in [-0.05, 0) is 42.1 Å². The van der Waals surface area contributed by atoms with Crippen molar-refractivity contribution >= 4 is 11.3 Å². The standard InChI is InChI=1S/C19H27NOS/c1-2-3-4-5-6-13-20-15-17-9-11-18(12-10-17)21-16-19-8-7-14-22-19/h7-12,14,20H,2-6,13,15-16H2,1H3. The summed E-state index contributed by atoms with van der Waals surface area (Å²) in [4.78, 5) is 1.26. The van der Waals surface area contributed by atoms with Gasteiger partial charge in [0, 0.05) is 11.4 Å². The van der Waals surface area contributed by atoms with Crippen LogP contribution in [0.25, 0.3) is 0 Å². The lowest BCUT2D eigenvalue weighted by molar-refractivity contribution is 0.309. The summed E-state index contributed by atoms with van der Waals surface area (Å²) >= 11 is 1.73. The Morgan fingerprint density at radius 1 is 1.00 bits per heavy atom. The van der Waals surface area contributed by atoms with Crippen LogP contribution in [0.5, 0.6) is 5.75 Å². The van der Waals surface area contributed by atoms with E-state index >= 15 is 0 Å². The minimum atomic E-state index is 0.660. The van der Waals surface area contributed by atoms with Crippen LogP contribution < -0.4 is 10.1 Å². The zero-order valence-corrected chi connectivity index (χ0v) is 14.3. The maximum atomic E-state index is 5.78. The number of hydrogen-bond acceptors (Lipinski definition) is 3. The summed E-state index contributed by atoms with van der Waals surface area (Å²) in [5.41, 5.74) is 1.32. The third-order valence-corrected chi connectivity index (χ3v) is 4.52. The van der Waals surface area contributed by atoms with Crippen molar-refractivity contribution in [2.75, 3.05) is 6.54 Å². The van der Waals surface area contributed by atoms with Crippen LogP contribution in [0.1, 0.15) is 49.5 Å². The molecule has 1 aromatic heterocycles. The van der Waals surface area contributed by atoms with E-state index in [1.54, 1.807) is 11.3 Å². The maximum Gasteiger partial charge on any atom is 0.122 e. The number of rotatable bonds is 11. The van der Waals surface area contributed by atoms with Crippen LogP contribution >= 0.6 is 11.3 Å². The van der Waals surface area contributed by atoms with Gasteiger partial charge in [-0.2, -0.15) is 0 Å². The average Bonchev–Trinajstić information content (AvgIpc) is 3.07. The van der Waals surface area contributed by atoms with E-state index in [2.05, 4.69) is 54.0 Å². The second-order valence-electron chi connectivity index (χ2n) is 5.60. The van der Waals surface area contributed by atoms with Gasteiger partial charge in [-0.25, -0.2) is 0 Å². The summed E-state index contributed by atoms with van der Waals surface area (Å²) in [7, 11) is 0. The first-order valence-electron chi connectivity index (χ1n) is 8.33. The molecule has 3 heteroatoms. The van der Waals surface area contributed by atoms with Crippen LogP contribution in [0.2, 0.25) is 0 Å². The van der Waals surface area contributed by atoms with Gasteiger partial charge in [0.2, 0.25) is 0 Å². The molecule has 1 aromatic carbocycles. The van der Waals surface area contributed by atoms with Crippen LogP contribution in [-0.2, 0) is 13.2 Å². The van der Waals surface area contributed by atoms with E-state index in [1.807, 2.05) is 0 Å². The van der Waals surface area contributed by atoms with Crippen LogP contribution in [0.15, 0.2) is 41.8 Å². The highest BCUT2D eigenvalue weighted by Gasteiger charge is 1.98. The highest BCUT2D eigenvalue weighted by Crippen LogP contribution is 2.16. The van der Waals surface area contributed by atoms with Gasteiger partial charge >= 0.3 is 0 Å². The van der Waals surface area contributed by atoms with Crippen LogP contribution in [-0.4, -0.2) is 6.54 Å². The third kappa shape index (κ3) is 6.63. The molecular weight excluding hydrogens is 290 g/mol. The van der Waals surface area contributed by atoms with Gasteiger partial charge in [0.25, 0.3) is 0 Å². The molecular formula is C19H27NOS. The Labute approximate surface area is 138 Å². The van der Waals surface area contributed by atoms with Gasteiger partial charge in [0.1, 0.15) is 12.4 Å². The number of ether oxygens (including phenoxy) is 1. The fraction of sp³-hybridized carbons (Fsp3) is 0.474. The lowest BCUT2D eigenvalue weighted by Crippen LogP contribution is -2.14. The first-order chi connectivity index (χ1) is 10.9. The molecule has 1 heterocycles. The van der Waals surface area contributed by atoms with E-state index in [9.17, 15) is 0 Å². The predicted octanol–water partition coefficient (Wildman–Crippen LogP) is 5.39. The number of unbranched alkanes of at least 4 members (excludes halogenated alkanes) is 4. The molecule has 0 aliphatic rings. The first kappa shape index (κ1) is 17.0. The summed E-state index contributed by atoms with van der Waals surface area (Å²) < 4.78 is 5.78. The van der Waals surface area contributed by atoms with E-state index < -0.39 is 0 Å². The molecule has 0 bridgehead atoms. The maximum absolute atomic E-state index is 5.78. The first-order valence-corrected chi connectivity index (χ1v) is 9.21. The molecule has 0 atom stereocenters. The number of thiophene rings is 1. The van der Waals surface area contributed by atoms with Crippen molar-refractivity contribution in [3.63, 3.8) is 0 Å². The molecule has 0 saturated carbocycles. The predicted molar refractivity (Wildman–Crippen MR) is 95.6 cm³/mol. The highest BCUT2D eigenvalue weighted by atomic mass is 32.1. The van der Waals surface area contributed by atoms with Crippen molar-refractivity contribution in [3.05, 3.63) is 52.2 Å². The summed E-state index contributed by atoms with van der Waals surface area (Å²) in [5.74, 6) is 0.941. The Kier molecular flexibility index (Phi) is 8.07. The Morgan fingerprint density at radius 3 is 2.55 bits per heavy atom. The Bertz CT molecular complexity index is 493. The molecule has 2 aromatic rings. The normalized spacial score (nSPS) is 10.8. The number of nitrogens with one attached hydrogen (secondary N) is 1. The van der Waals surface area contributed by atoms with Crippen molar-refractivity contribution in [3.8, 4) is 5.75 Å². The topological polar surface area (TPSA) is 21.3 Å². The third-order valence-electron chi connectivity index (χ3n) is 3.67. The minimum Gasteiger partial charge on any atom is -0.488 e. The smallest absolute Gasteiger partial charge is 0.122 e. The molecule has 22 heavy (non-hydrogen) atoms. The summed E-state index contributed by atoms with van der Waals surface area (Å²) in [6, 6.07) is 12.6. The number of benzene rings is 1. The van der Waals surface area contributed by atoms with Crippen LogP contribution in [0.3, 0.4) is 0 Å². The molecule has 0 unspecified atom stereocenters. The molecule has 0 amide bonds. The monoisotopic (exact) mass is 317 g/mol. The van der Waals surface area contributed by atoms with E-state index in [0.717, 1.165) is 18.8 Å². The molecule has 2 nitrogen and oxygen atoms in total. The summed E-state index contributed by atoms with van der Waals surface area (Å²) in [5, 5.41) is 5.59. The molecule has 0 aliphatic carbocycles. The van der Waals surface area contributed by atoms with Gasteiger partial charge in [-0.15, -0.1) is 11.3 Å². The Balaban J connectivity index is 1.60. The molecule has 1 N–H and O–H groups in total. The number of hydrogen-bond donors (Lipinski definition) is 1. The van der Waals surface area contributed by atoms with E-state index in [1.165, 1.54) is 42.5 Å². The van der Waals surface area contributed by atoms with Crippen molar-refractivity contribution in [2.45, 2.75) is 52.2 Å². The lowest BCUT2D eigenvalue weighted by atomic mass is 10.1. The molecule has 0 spiro atoms. The summed E-state index contributed by atoms with van der Waals surface area (Å²) in [6.07, 6.45) is 6.67. The summed E-state index contributed by atoms with van der Waals surface area (Å²) in [6.45, 7) is 4.97. The molecule has 0 radical (unpaired) electrons. The SMILES string of the molecule is CCCCCCCNCc1ccc(OCc2cccs2)cc1. The molecule has 0 saturated heterocycles. The second kappa shape index (κ2) is 10.4. The van der Waals surface area contributed by atoms with Gasteiger partial charge in [0.05, 0.1) is 0 Å². The zero-order chi connectivity index (χ0) is 15.5. The van der Waals surface area contributed by atoms with E-state index in [4.69, 9.17) is 4.74 Å². The zero-order valence-electron chi connectivity index (χ0n) is 13.5. The largest absolute Gasteiger partial charge is 0.488 e. The van der Waals surface area contributed by atoms with Gasteiger partial charge in [-0.3, -0.25) is 0 Å².